The molecule has 2 N–H and O–H groups in total. The number of carbonyl (C=O) groups excluding carboxylic acids is 1. The number of hydrogen-bond donors (Lipinski definition) is 2. The van der Waals surface area contributed by atoms with Crippen LogP contribution in [0.15, 0.2) is 24.3 Å². The predicted octanol–water partition coefficient (Wildman–Crippen LogP) is 2.17. The molecule has 0 heterocycles. The maximum Gasteiger partial charge on any atom is 0.224 e. The van der Waals surface area contributed by atoms with Gasteiger partial charge in [-0.3, -0.25) is 4.79 Å². The summed E-state index contributed by atoms with van der Waals surface area (Å²) >= 11 is 5.86. The van der Waals surface area contributed by atoms with Crippen molar-refractivity contribution in [1.29, 1.82) is 0 Å². The summed E-state index contributed by atoms with van der Waals surface area (Å²) < 4.78 is 0. The van der Waals surface area contributed by atoms with Crippen molar-refractivity contribution in [2.75, 3.05) is 13.1 Å². The van der Waals surface area contributed by atoms with Crippen LogP contribution in [-0.4, -0.2) is 25.0 Å². The van der Waals surface area contributed by atoms with Crippen molar-refractivity contribution in [3.8, 4) is 0 Å². The zero-order valence-corrected chi connectivity index (χ0v) is 11.7. The first kappa shape index (κ1) is 15.3. The molecular weight excluding hydrogens is 271 g/mol. The Morgan fingerprint density at radius 3 is 2.78 bits per heavy atom. The molecule has 0 unspecified atom stereocenters. The second-order valence-corrected chi connectivity index (χ2v) is 4.82. The minimum Gasteiger partial charge on any atom is -0.355 e. The van der Waals surface area contributed by atoms with Gasteiger partial charge in [0, 0.05) is 24.2 Å². The third-order valence-corrected chi connectivity index (χ3v) is 2.95. The molecule has 0 bridgehead atoms. The quantitative estimate of drug-likeness (QED) is 0.788. The van der Waals surface area contributed by atoms with E-state index in [2.05, 4.69) is 10.6 Å². The van der Waals surface area contributed by atoms with Crippen LogP contribution in [-0.2, 0) is 11.2 Å². The summed E-state index contributed by atoms with van der Waals surface area (Å²) in [5, 5.41) is 6.91. The van der Waals surface area contributed by atoms with Crippen LogP contribution in [0.5, 0.6) is 0 Å². The van der Waals surface area contributed by atoms with Crippen molar-refractivity contribution in [3.05, 3.63) is 34.9 Å². The molecule has 0 atom stereocenters. The molecule has 1 aromatic rings. The van der Waals surface area contributed by atoms with E-state index >= 15 is 0 Å². The molecule has 0 saturated heterocycles. The molecule has 0 radical (unpaired) electrons. The van der Waals surface area contributed by atoms with Gasteiger partial charge in [0.2, 0.25) is 5.91 Å². The van der Waals surface area contributed by atoms with E-state index in [-0.39, 0.29) is 18.3 Å². The van der Waals surface area contributed by atoms with Gasteiger partial charge in [-0.2, -0.15) is 0 Å². The molecule has 0 aliphatic heterocycles. The lowest BCUT2D eigenvalue weighted by molar-refractivity contribution is -0.120. The SMILES string of the molecule is Cl.O=C(Cc1cccc(Cl)c1)NCCNC1CC1. The molecule has 0 spiro atoms. The van der Waals surface area contributed by atoms with Gasteiger partial charge in [0.1, 0.15) is 0 Å². The van der Waals surface area contributed by atoms with E-state index in [0.717, 1.165) is 12.1 Å². The summed E-state index contributed by atoms with van der Waals surface area (Å²) in [7, 11) is 0. The normalized spacial score (nSPS) is 13.8. The highest BCUT2D eigenvalue weighted by atomic mass is 35.5. The first-order valence-electron chi connectivity index (χ1n) is 5.98. The van der Waals surface area contributed by atoms with E-state index in [1.54, 1.807) is 0 Å². The number of halogens is 2. The van der Waals surface area contributed by atoms with Crippen molar-refractivity contribution < 1.29 is 4.79 Å². The van der Waals surface area contributed by atoms with Crippen LogP contribution in [0.2, 0.25) is 5.02 Å². The summed E-state index contributed by atoms with van der Waals surface area (Å²) in [6.45, 7) is 1.54. The van der Waals surface area contributed by atoms with Crippen molar-refractivity contribution >= 4 is 29.9 Å². The van der Waals surface area contributed by atoms with E-state index in [9.17, 15) is 4.79 Å². The van der Waals surface area contributed by atoms with E-state index in [1.807, 2.05) is 24.3 Å². The molecule has 1 aliphatic carbocycles. The molecule has 100 valence electrons. The van der Waals surface area contributed by atoms with E-state index in [0.29, 0.717) is 24.0 Å². The highest BCUT2D eigenvalue weighted by Crippen LogP contribution is 2.17. The highest BCUT2D eigenvalue weighted by Gasteiger charge is 2.19. The van der Waals surface area contributed by atoms with Gasteiger partial charge in [-0.1, -0.05) is 23.7 Å². The lowest BCUT2D eigenvalue weighted by atomic mass is 10.1. The smallest absolute Gasteiger partial charge is 0.224 e. The molecule has 1 aromatic carbocycles. The van der Waals surface area contributed by atoms with E-state index < -0.39 is 0 Å². The lowest BCUT2D eigenvalue weighted by Gasteiger charge is -2.06. The fourth-order valence-corrected chi connectivity index (χ4v) is 1.87. The second-order valence-electron chi connectivity index (χ2n) is 4.39. The minimum absolute atomic E-state index is 0. The summed E-state index contributed by atoms with van der Waals surface area (Å²) in [4.78, 5) is 11.6. The fraction of sp³-hybridized carbons (Fsp3) is 0.462. The fourth-order valence-electron chi connectivity index (χ4n) is 1.66. The summed E-state index contributed by atoms with van der Waals surface area (Å²) in [5.41, 5.74) is 0.949. The number of rotatable bonds is 6. The Morgan fingerprint density at radius 1 is 1.33 bits per heavy atom. The van der Waals surface area contributed by atoms with Crippen LogP contribution in [0, 0.1) is 0 Å². The second kappa shape index (κ2) is 7.62. The highest BCUT2D eigenvalue weighted by molar-refractivity contribution is 6.30. The van der Waals surface area contributed by atoms with Gasteiger partial charge in [0.05, 0.1) is 6.42 Å². The van der Waals surface area contributed by atoms with Gasteiger partial charge in [0.15, 0.2) is 0 Å². The largest absolute Gasteiger partial charge is 0.355 e. The average molecular weight is 289 g/mol. The summed E-state index contributed by atoms with van der Waals surface area (Å²) in [6, 6.07) is 8.10. The van der Waals surface area contributed by atoms with Crippen molar-refractivity contribution in [2.24, 2.45) is 0 Å². The predicted molar refractivity (Wildman–Crippen MR) is 76.4 cm³/mol. The topological polar surface area (TPSA) is 41.1 Å². The van der Waals surface area contributed by atoms with Crippen LogP contribution >= 0.6 is 24.0 Å². The Balaban J connectivity index is 0.00000162. The first-order valence-corrected chi connectivity index (χ1v) is 6.36. The number of carbonyl (C=O) groups is 1. The van der Waals surface area contributed by atoms with Crippen LogP contribution in [0.1, 0.15) is 18.4 Å². The van der Waals surface area contributed by atoms with Crippen LogP contribution in [0.25, 0.3) is 0 Å². The number of hydrogen-bond acceptors (Lipinski definition) is 2. The summed E-state index contributed by atoms with van der Waals surface area (Å²) in [5.74, 6) is 0.0462. The summed E-state index contributed by atoms with van der Waals surface area (Å²) in [6.07, 6.45) is 2.94. The van der Waals surface area contributed by atoms with Crippen LogP contribution in [0.3, 0.4) is 0 Å². The maximum atomic E-state index is 11.6. The van der Waals surface area contributed by atoms with Gasteiger partial charge in [-0.15, -0.1) is 12.4 Å². The Morgan fingerprint density at radius 2 is 2.11 bits per heavy atom. The third kappa shape index (κ3) is 5.71. The first-order chi connectivity index (χ1) is 8.24. The van der Waals surface area contributed by atoms with E-state index in [4.69, 9.17) is 11.6 Å². The molecule has 0 aromatic heterocycles. The Bertz CT molecular complexity index is 394. The molecule has 2 rings (SSSR count). The van der Waals surface area contributed by atoms with Gasteiger partial charge in [-0.25, -0.2) is 0 Å². The molecule has 5 heteroatoms. The average Bonchev–Trinajstić information content (AvgIpc) is 3.08. The number of nitrogens with one attached hydrogen (secondary N) is 2. The van der Waals surface area contributed by atoms with Gasteiger partial charge in [0.25, 0.3) is 0 Å². The maximum absolute atomic E-state index is 11.6. The van der Waals surface area contributed by atoms with Crippen molar-refractivity contribution in [3.63, 3.8) is 0 Å². The zero-order valence-electron chi connectivity index (χ0n) is 10.1. The molecule has 3 nitrogen and oxygen atoms in total. The van der Waals surface area contributed by atoms with Crippen LogP contribution < -0.4 is 10.6 Å². The van der Waals surface area contributed by atoms with E-state index in [1.165, 1.54) is 12.8 Å². The zero-order chi connectivity index (χ0) is 12.1. The monoisotopic (exact) mass is 288 g/mol. The van der Waals surface area contributed by atoms with Gasteiger partial charge in [-0.05, 0) is 30.5 Å². The molecule has 1 aliphatic rings. The third-order valence-electron chi connectivity index (χ3n) is 2.71. The van der Waals surface area contributed by atoms with Crippen LogP contribution in [0.4, 0.5) is 0 Å². The molecule has 1 fully saturated rings. The molecular formula is C13H18Cl2N2O. The number of benzene rings is 1. The Labute approximate surface area is 119 Å². The molecule has 18 heavy (non-hydrogen) atoms. The Hall–Kier alpha value is -0.770. The van der Waals surface area contributed by atoms with Crippen molar-refractivity contribution in [2.45, 2.75) is 25.3 Å². The van der Waals surface area contributed by atoms with Gasteiger partial charge >= 0.3 is 0 Å². The number of amides is 1. The molecule has 1 amide bonds. The Kier molecular flexibility index (Phi) is 6.47. The molecule has 1 saturated carbocycles. The lowest BCUT2D eigenvalue weighted by Crippen LogP contribution is -2.33. The minimum atomic E-state index is 0. The standard InChI is InChI=1S/C13H17ClN2O.ClH/c14-11-3-1-2-10(8-11)9-13(17)16-7-6-15-12-4-5-12;/h1-3,8,12,15H,4-7,9H2,(H,16,17);1H. The van der Waals surface area contributed by atoms with Gasteiger partial charge < -0.3 is 10.6 Å². The van der Waals surface area contributed by atoms with Crippen molar-refractivity contribution in [1.82, 2.24) is 10.6 Å².